The predicted molar refractivity (Wildman–Crippen MR) is 72.9 cm³/mol. The summed E-state index contributed by atoms with van der Waals surface area (Å²) in [4.78, 5) is 0. The van der Waals surface area contributed by atoms with Crippen molar-refractivity contribution in [2.45, 2.75) is 65.0 Å². The van der Waals surface area contributed by atoms with Crippen LogP contribution >= 0.6 is 0 Å². The molecule has 0 saturated heterocycles. The molecule has 0 aliphatic heterocycles. The Bertz CT molecular complexity index is 290. The third kappa shape index (κ3) is 5.38. The van der Waals surface area contributed by atoms with Crippen LogP contribution in [-0.2, 0) is 9.84 Å². The minimum Gasteiger partial charge on any atom is -0.396 e. The fourth-order valence-corrected chi connectivity index (χ4v) is 3.08. The number of rotatable bonds is 9. The maximum absolute atomic E-state index is 11.8. The van der Waals surface area contributed by atoms with Gasteiger partial charge in [-0.2, -0.15) is 0 Å². The molecule has 0 fully saturated rings. The van der Waals surface area contributed by atoms with Crippen molar-refractivity contribution in [1.29, 1.82) is 0 Å². The van der Waals surface area contributed by atoms with Crippen LogP contribution in [0.15, 0.2) is 0 Å². The van der Waals surface area contributed by atoms with Crippen LogP contribution in [-0.4, -0.2) is 31.1 Å². The van der Waals surface area contributed by atoms with Gasteiger partial charge in [0.05, 0.1) is 11.0 Å². The molecule has 0 aliphatic carbocycles. The summed E-state index contributed by atoms with van der Waals surface area (Å²) in [5, 5.41) is 9.23. The Morgan fingerprint density at radius 2 is 1.76 bits per heavy atom. The minimum atomic E-state index is -2.99. The molecule has 0 spiro atoms. The summed E-state index contributed by atoms with van der Waals surface area (Å²) in [6, 6.07) is 0. The highest BCUT2D eigenvalue weighted by Gasteiger charge is 2.29. The predicted octanol–water partition coefficient (Wildman–Crippen LogP) is 2.78. The third-order valence-corrected chi connectivity index (χ3v) is 5.99. The summed E-state index contributed by atoms with van der Waals surface area (Å²) in [5.41, 5.74) is -0.196. The zero-order valence-electron chi connectivity index (χ0n) is 11.7. The van der Waals surface area contributed by atoms with Crippen LogP contribution in [0, 0.1) is 5.41 Å². The average molecular weight is 264 g/mol. The van der Waals surface area contributed by atoms with Crippen molar-refractivity contribution in [2.75, 3.05) is 12.4 Å². The van der Waals surface area contributed by atoms with Gasteiger partial charge in [-0.25, -0.2) is 8.42 Å². The Balaban J connectivity index is 4.56. The van der Waals surface area contributed by atoms with Gasteiger partial charge in [-0.3, -0.25) is 0 Å². The Labute approximate surface area is 107 Å². The molecular weight excluding hydrogens is 236 g/mol. The molecule has 0 aromatic heterocycles. The molecular formula is C13H28O3S. The van der Waals surface area contributed by atoms with E-state index >= 15 is 0 Å². The van der Waals surface area contributed by atoms with Crippen molar-refractivity contribution in [1.82, 2.24) is 0 Å². The van der Waals surface area contributed by atoms with Crippen LogP contribution < -0.4 is 0 Å². The molecule has 0 aromatic rings. The van der Waals surface area contributed by atoms with Crippen molar-refractivity contribution in [3.8, 4) is 0 Å². The Kier molecular flexibility index (Phi) is 7.33. The van der Waals surface area contributed by atoms with Crippen molar-refractivity contribution >= 4 is 9.84 Å². The second-order valence-electron chi connectivity index (χ2n) is 5.28. The number of hydrogen-bond acceptors (Lipinski definition) is 3. The summed E-state index contributed by atoms with van der Waals surface area (Å²) >= 11 is 0. The molecule has 1 atom stereocenters. The lowest BCUT2D eigenvalue weighted by Crippen LogP contribution is -2.29. The van der Waals surface area contributed by atoms with E-state index in [4.69, 9.17) is 0 Å². The van der Waals surface area contributed by atoms with Crippen molar-refractivity contribution in [3.05, 3.63) is 0 Å². The summed E-state index contributed by atoms with van der Waals surface area (Å²) in [5.74, 6) is 0.197. The van der Waals surface area contributed by atoms with E-state index in [0.717, 1.165) is 25.7 Å². The topological polar surface area (TPSA) is 54.4 Å². The number of aliphatic hydroxyl groups is 1. The van der Waals surface area contributed by atoms with Gasteiger partial charge in [0.2, 0.25) is 0 Å². The fourth-order valence-electron chi connectivity index (χ4n) is 1.89. The maximum Gasteiger partial charge on any atom is 0.152 e. The molecule has 0 heterocycles. The van der Waals surface area contributed by atoms with Crippen molar-refractivity contribution in [2.24, 2.45) is 5.41 Å². The standard InChI is InChI=1S/C13H28O3S/c1-5-7-8-13(6-2,11-14)9-10-17(15,16)12(3)4/h12,14H,5-11H2,1-4H3. The van der Waals surface area contributed by atoms with E-state index in [1.807, 2.05) is 6.92 Å². The molecule has 0 aromatic carbocycles. The first-order chi connectivity index (χ1) is 7.83. The molecule has 0 amide bonds. The first-order valence-electron chi connectivity index (χ1n) is 6.66. The van der Waals surface area contributed by atoms with Crippen LogP contribution in [0.1, 0.15) is 59.8 Å². The first kappa shape index (κ1) is 16.9. The number of hydrogen-bond donors (Lipinski definition) is 1. The van der Waals surface area contributed by atoms with Crippen LogP contribution in [0.2, 0.25) is 0 Å². The smallest absolute Gasteiger partial charge is 0.152 e. The molecule has 0 aliphatic rings. The van der Waals surface area contributed by atoms with E-state index in [2.05, 4.69) is 6.92 Å². The molecule has 17 heavy (non-hydrogen) atoms. The largest absolute Gasteiger partial charge is 0.396 e. The van der Waals surface area contributed by atoms with Crippen LogP contribution in [0.5, 0.6) is 0 Å². The first-order valence-corrected chi connectivity index (χ1v) is 8.37. The van der Waals surface area contributed by atoms with Crippen molar-refractivity contribution in [3.63, 3.8) is 0 Å². The zero-order chi connectivity index (χ0) is 13.5. The lowest BCUT2D eigenvalue weighted by atomic mass is 9.79. The highest BCUT2D eigenvalue weighted by molar-refractivity contribution is 7.91. The quantitative estimate of drug-likeness (QED) is 0.696. The monoisotopic (exact) mass is 264 g/mol. The van der Waals surface area contributed by atoms with E-state index in [0.29, 0.717) is 6.42 Å². The lowest BCUT2D eigenvalue weighted by molar-refractivity contribution is 0.103. The van der Waals surface area contributed by atoms with E-state index in [1.165, 1.54) is 0 Å². The molecule has 0 bridgehead atoms. The van der Waals surface area contributed by atoms with Gasteiger partial charge in [0.1, 0.15) is 0 Å². The summed E-state index contributed by atoms with van der Waals surface area (Å²) < 4.78 is 23.6. The number of aliphatic hydroxyl groups excluding tert-OH is 1. The van der Waals surface area contributed by atoms with E-state index in [-0.39, 0.29) is 23.0 Å². The SMILES string of the molecule is CCCCC(CC)(CO)CCS(=O)(=O)C(C)C. The van der Waals surface area contributed by atoms with Gasteiger partial charge in [0.15, 0.2) is 9.84 Å². The molecule has 104 valence electrons. The molecule has 0 radical (unpaired) electrons. The minimum absolute atomic E-state index is 0.0944. The Hall–Kier alpha value is -0.0900. The van der Waals surface area contributed by atoms with Gasteiger partial charge < -0.3 is 5.11 Å². The molecule has 4 heteroatoms. The maximum atomic E-state index is 11.8. The summed E-state index contributed by atoms with van der Waals surface area (Å²) in [7, 11) is -2.99. The van der Waals surface area contributed by atoms with Crippen molar-refractivity contribution < 1.29 is 13.5 Å². The Morgan fingerprint density at radius 1 is 1.18 bits per heavy atom. The van der Waals surface area contributed by atoms with Gasteiger partial charge in [-0.05, 0) is 38.5 Å². The fraction of sp³-hybridized carbons (Fsp3) is 1.00. The lowest BCUT2D eigenvalue weighted by Gasteiger charge is -2.31. The molecule has 1 unspecified atom stereocenters. The van der Waals surface area contributed by atoms with E-state index in [1.54, 1.807) is 13.8 Å². The van der Waals surface area contributed by atoms with Gasteiger partial charge in [0, 0.05) is 6.61 Å². The van der Waals surface area contributed by atoms with Crippen LogP contribution in [0.25, 0.3) is 0 Å². The molecule has 0 saturated carbocycles. The third-order valence-electron chi connectivity index (χ3n) is 3.78. The summed E-state index contributed by atoms with van der Waals surface area (Å²) in [6.07, 6.45) is 4.48. The van der Waals surface area contributed by atoms with Gasteiger partial charge >= 0.3 is 0 Å². The average Bonchev–Trinajstić information content (AvgIpc) is 2.30. The van der Waals surface area contributed by atoms with E-state index < -0.39 is 9.84 Å². The van der Waals surface area contributed by atoms with Crippen LogP contribution in [0.4, 0.5) is 0 Å². The van der Waals surface area contributed by atoms with E-state index in [9.17, 15) is 13.5 Å². The number of sulfone groups is 1. The van der Waals surface area contributed by atoms with Gasteiger partial charge in [0.25, 0.3) is 0 Å². The molecule has 0 rings (SSSR count). The molecule has 3 nitrogen and oxygen atoms in total. The Morgan fingerprint density at radius 3 is 2.12 bits per heavy atom. The second-order valence-corrected chi connectivity index (χ2v) is 7.96. The van der Waals surface area contributed by atoms with Gasteiger partial charge in [-0.1, -0.05) is 26.7 Å². The second kappa shape index (κ2) is 7.37. The van der Waals surface area contributed by atoms with Gasteiger partial charge in [-0.15, -0.1) is 0 Å². The summed E-state index contributed by atoms with van der Waals surface area (Å²) in [6.45, 7) is 7.68. The highest BCUT2D eigenvalue weighted by Crippen LogP contribution is 2.33. The number of unbranched alkanes of at least 4 members (excludes halogenated alkanes) is 1. The normalized spacial score (nSPS) is 16.1. The van der Waals surface area contributed by atoms with Crippen LogP contribution in [0.3, 0.4) is 0 Å². The highest BCUT2D eigenvalue weighted by atomic mass is 32.2. The zero-order valence-corrected chi connectivity index (χ0v) is 12.5. The molecule has 1 N–H and O–H groups in total.